The number of aryl methyl sites for hydroxylation is 1. The topological polar surface area (TPSA) is 23.5 Å². The van der Waals surface area contributed by atoms with Gasteiger partial charge in [0.1, 0.15) is 0 Å². The molecule has 1 aromatic carbocycles. The van der Waals surface area contributed by atoms with Crippen LogP contribution in [0.15, 0.2) is 24.3 Å². The Bertz CT molecular complexity index is 356. The van der Waals surface area contributed by atoms with Gasteiger partial charge >= 0.3 is 0 Å². The second-order valence-electron chi connectivity index (χ2n) is 5.05. The molecule has 0 amide bonds. The fourth-order valence-corrected chi connectivity index (χ4v) is 2.55. The van der Waals surface area contributed by atoms with Gasteiger partial charge in [0.25, 0.3) is 0 Å². The summed E-state index contributed by atoms with van der Waals surface area (Å²) in [6, 6.07) is 8.47. The molecule has 0 radical (unpaired) electrons. The third-order valence-electron chi connectivity index (χ3n) is 3.41. The van der Waals surface area contributed by atoms with E-state index in [1.807, 2.05) is 0 Å². The molecule has 1 N–H and O–H groups in total. The zero-order valence-electron chi connectivity index (χ0n) is 10.2. The number of nitrogens with zero attached hydrogens (tertiary/aromatic N) is 1. The SMILES string of the molecule is CCCC1(O)CN(Cc2ccccc2C)C1. The van der Waals surface area contributed by atoms with Gasteiger partial charge in [0.2, 0.25) is 0 Å². The molecule has 1 saturated heterocycles. The lowest BCUT2D eigenvalue weighted by molar-refractivity contribution is -0.106. The van der Waals surface area contributed by atoms with E-state index in [0.717, 1.165) is 32.5 Å². The van der Waals surface area contributed by atoms with E-state index in [1.165, 1.54) is 11.1 Å². The average molecular weight is 219 g/mol. The summed E-state index contributed by atoms with van der Waals surface area (Å²) >= 11 is 0. The van der Waals surface area contributed by atoms with Crippen molar-refractivity contribution in [3.05, 3.63) is 35.4 Å². The van der Waals surface area contributed by atoms with E-state index in [0.29, 0.717) is 0 Å². The molecular formula is C14H21NO. The fourth-order valence-electron chi connectivity index (χ4n) is 2.55. The van der Waals surface area contributed by atoms with E-state index in [9.17, 15) is 5.11 Å². The quantitative estimate of drug-likeness (QED) is 0.840. The van der Waals surface area contributed by atoms with Crippen LogP contribution in [0.25, 0.3) is 0 Å². The van der Waals surface area contributed by atoms with Crippen LogP contribution >= 0.6 is 0 Å². The van der Waals surface area contributed by atoms with Crippen molar-refractivity contribution in [2.24, 2.45) is 0 Å². The van der Waals surface area contributed by atoms with Gasteiger partial charge in [-0.3, -0.25) is 4.90 Å². The molecule has 1 aliphatic heterocycles. The lowest BCUT2D eigenvalue weighted by atomic mass is 9.89. The Kier molecular flexibility index (Phi) is 3.31. The molecule has 2 nitrogen and oxygen atoms in total. The molecule has 0 aliphatic carbocycles. The van der Waals surface area contributed by atoms with Crippen LogP contribution in [0, 0.1) is 6.92 Å². The first-order valence-corrected chi connectivity index (χ1v) is 6.12. The smallest absolute Gasteiger partial charge is 0.0900 e. The Morgan fingerprint density at radius 1 is 1.31 bits per heavy atom. The summed E-state index contributed by atoms with van der Waals surface area (Å²) in [6.45, 7) is 6.90. The van der Waals surface area contributed by atoms with Gasteiger partial charge in [-0.25, -0.2) is 0 Å². The first-order valence-electron chi connectivity index (χ1n) is 6.12. The highest BCUT2D eigenvalue weighted by atomic mass is 16.3. The van der Waals surface area contributed by atoms with Crippen LogP contribution < -0.4 is 0 Å². The van der Waals surface area contributed by atoms with Gasteiger partial charge < -0.3 is 5.11 Å². The highest BCUT2D eigenvalue weighted by Crippen LogP contribution is 2.27. The second-order valence-corrected chi connectivity index (χ2v) is 5.05. The van der Waals surface area contributed by atoms with Crippen molar-refractivity contribution in [2.75, 3.05) is 13.1 Å². The van der Waals surface area contributed by atoms with Crippen molar-refractivity contribution >= 4 is 0 Å². The number of β-amino-alcohol motifs (C(OH)–C–C–N with tert-alkyl or cyclic N) is 1. The molecule has 2 heteroatoms. The predicted molar refractivity (Wildman–Crippen MR) is 66.3 cm³/mol. The number of hydrogen-bond acceptors (Lipinski definition) is 2. The lowest BCUT2D eigenvalue weighted by Crippen LogP contribution is -2.61. The average Bonchev–Trinajstić information content (AvgIpc) is 2.19. The monoisotopic (exact) mass is 219 g/mol. The van der Waals surface area contributed by atoms with Crippen molar-refractivity contribution in [1.82, 2.24) is 4.90 Å². The minimum Gasteiger partial charge on any atom is -0.387 e. The normalized spacial score (nSPS) is 19.4. The minimum atomic E-state index is -0.405. The molecule has 1 aliphatic rings. The van der Waals surface area contributed by atoms with Crippen LogP contribution in [0.4, 0.5) is 0 Å². The summed E-state index contributed by atoms with van der Waals surface area (Å²) < 4.78 is 0. The Morgan fingerprint density at radius 2 is 2.00 bits per heavy atom. The molecule has 0 bridgehead atoms. The summed E-state index contributed by atoms with van der Waals surface area (Å²) in [4.78, 5) is 2.32. The third-order valence-corrected chi connectivity index (χ3v) is 3.41. The highest BCUT2D eigenvalue weighted by Gasteiger charge is 2.39. The van der Waals surface area contributed by atoms with Gasteiger partial charge in [0, 0.05) is 19.6 Å². The number of rotatable bonds is 4. The molecule has 2 rings (SSSR count). The summed E-state index contributed by atoms with van der Waals surface area (Å²) in [6.07, 6.45) is 1.99. The molecular weight excluding hydrogens is 198 g/mol. The van der Waals surface area contributed by atoms with Gasteiger partial charge in [-0.1, -0.05) is 37.6 Å². The van der Waals surface area contributed by atoms with Crippen LogP contribution in [-0.2, 0) is 6.54 Å². The molecule has 1 aromatic rings. The summed E-state index contributed by atoms with van der Waals surface area (Å²) in [5.41, 5.74) is 2.31. The molecule has 16 heavy (non-hydrogen) atoms. The van der Waals surface area contributed by atoms with Gasteiger partial charge in [0.15, 0.2) is 0 Å². The fraction of sp³-hybridized carbons (Fsp3) is 0.571. The molecule has 0 spiro atoms. The van der Waals surface area contributed by atoms with Crippen LogP contribution in [0.1, 0.15) is 30.9 Å². The van der Waals surface area contributed by atoms with E-state index in [2.05, 4.69) is 43.0 Å². The van der Waals surface area contributed by atoms with Gasteiger partial charge in [-0.05, 0) is 24.5 Å². The molecule has 0 unspecified atom stereocenters. The maximum absolute atomic E-state index is 10.1. The maximum Gasteiger partial charge on any atom is 0.0900 e. The highest BCUT2D eigenvalue weighted by molar-refractivity contribution is 5.25. The zero-order chi connectivity index (χ0) is 11.6. The largest absolute Gasteiger partial charge is 0.387 e. The van der Waals surface area contributed by atoms with Crippen LogP contribution in [0.3, 0.4) is 0 Å². The number of hydrogen-bond donors (Lipinski definition) is 1. The molecule has 1 fully saturated rings. The first kappa shape index (κ1) is 11.6. The van der Waals surface area contributed by atoms with Crippen LogP contribution in [0.5, 0.6) is 0 Å². The Labute approximate surface area is 97.9 Å². The molecule has 88 valence electrons. The van der Waals surface area contributed by atoms with Gasteiger partial charge in [-0.2, -0.15) is 0 Å². The van der Waals surface area contributed by atoms with Gasteiger partial charge in [0.05, 0.1) is 5.60 Å². The minimum absolute atomic E-state index is 0.405. The van der Waals surface area contributed by atoms with E-state index < -0.39 is 5.60 Å². The summed E-state index contributed by atoms with van der Waals surface area (Å²) in [5, 5.41) is 10.1. The first-order chi connectivity index (χ1) is 7.63. The van der Waals surface area contributed by atoms with Crippen molar-refractivity contribution in [3.8, 4) is 0 Å². The Balaban J connectivity index is 1.88. The molecule has 1 heterocycles. The Hall–Kier alpha value is -0.860. The zero-order valence-corrected chi connectivity index (χ0v) is 10.2. The Morgan fingerprint density at radius 3 is 2.62 bits per heavy atom. The number of benzene rings is 1. The number of aliphatic hydroxyl groups is 1. The standard InChI is InChI=1S/C14H21NO/c1-3-8-14(16)10-15(11-14)9-13-7-5-4-6-12(13)2/h4-7,16H,3,8-11H2,1-2H3. The van der Waals surface area contributed by atoms with Crippen LogP contribution in [-0.4, -0.2) is 28.7 Å². The van der Waals surface area contributed by atoms with Crippen molar-refractivity contribution < 1.29 is 5.11 Å². The van der Waals surface area contributed by atoms with Crippen molar-refractivity contribution in [3.63, 3.8) is 0 Å². The van der Waals surface area contributed by atoms with E-state index in [4.69, 9.17) is 0 Å². The van der Waals surface area contributed by atoms with Crippen molar-refractivity contribution in [2.45, 2.75) is 38.8 Å². The number of likely N-dealkylation sites (tertiary alicyclic amines) is 1. The van der Waals surface area contributed by atoms with E-state index >= 15 is 0 Å². The van der Waals surface area contributed by atoms with E-state index in [-0.39, 0.29) is 0 Å². The third kappa shape index (κ3) is 2.45. The molecule has 0 saturated carbocycles. The summed E-state index contributed by atoms with van der Waals surface area (Å²) in [5.74, 6) is 0. The second kappa shape index (κ2) is 4.56. The van der Waals surface area contributed by atoms with Crippen LogP contribution in [0.2, 0.25) is 0 Å². The molecule has 0 aromatic heterocycles. The lowest BCUT2D eigenvalue weighted by Gasteiger charge is -2.46. The van der Waals surface area contributed by atoms with Crippen molar-refractivity contribution in [1.29, 1.82) is 0 Å². The van der Waals surface area contributed by atoms with E-state index in [1.54, 1.807) is 0 Å². The maximum atomic E-state index is 10.1. The summed E-state index contributed by atoms with van der Waals surface area (Å²) in [7, 11) is 0. The predicted octanol–water partition coefficient (Wildman–Crippen LogP) is 2.34. The molecule has 0 atom stereocenters. The van der Waals surface area contributed by atoms with Gasteiger partial charge in [-0.15, -0.1) is 0 Å².